The molecular formula is C19H18N5O3S2+. The van der Waals surface area contributed by atoms with E-state index in [0.29, 0.717) is 15.5 Å². The molecule has 2 N–H and O–H groups in total. The van der Waals surface area contributed by atoms with Crippen LogP contribution in [0.5, 0.6) is 0 Å². The first-order valence-corrected chi connectivity index (χ1v) is 11.1. The summed E-state index contributed by atoms with van der Waals surface area (Å²) in [5.41, 5.74) is 1.60. The third-order valence-electron chi connectivity index (χ3n) is 4.40. The molecule has 2 aromatic carbocycles. The summed E-state index contributed by atoms with van der Waals surface area (Å²) >= 11 is 1.17. The van der Waals surface area contributed by atoms with Gasteiger partial charge in [-0.05, 0) is 47.4 Å². The molecule has 0 aliphatic rings. The van der Waals surface area contributed by atoms with E-state index in [2.05, 4.69) is 20.0 Å². The van der Waals surface area contributed by atoms with Crippen molar-refractivity contribution in [3.05, 3.63) is 86.8 Å². The molecule has 0 bridgehead atoms. The third kappa shape index (κ3) is 3.82. The van der Waals surface area contributed by atoms with Crippen LogP contribution in [0.25, 0.3) is 4.96 Å². The first kappa shape index (κ1) is 19.4. The monoisotopic (exact) mass is 428 g/mol. The Kier molecular flexibility index (Phi) is 4.99. The van der Waals surface area contributed by atoms with Crippen molar-refractivity contribution >= 4 is 26.3 Å². The van der Waals surface area contributed by atoms with Crippen LogP contribution in [-0.4, -0.2) is 23.1 Å². The van der Waals surface area contributed by atoms with Crippen molar-refractivity contribution in [2.45, 2.75) is 24.8 Å². The maximum atomic E-state index is 13.0. The van der Waals surface area contributed by atoms with Gasteiger partial charge in [0.2, 0.25) is 10.0 Å². The molecule has 0 aliphatic heterocycles. The van der Waals surface area contributed by atoms with E-state index in [1.807, 2.05) is 37.3 Å². The standard InChI is InChI=1S/C19H17N5O3S2/c1-12-8-10-15(11-9-12)29(26,27)23-16(14-6-4-3-5-7-14)17-22-24-18(25)13(2)20-21-19(24)28-17/h3-11,16,23H,1-2H3/p+1. The van der Waals surface area contributed by atoms with Gasteiger partial charge in [0.25, 0.3) is 0 Å². The summed E-state index contributed by atoms with van der Waals surface area (Å²) < 4.78 is 30.0. The van der Waals surface area contributed by atoms with E-state index < -0.39 is 16.1 Å². The number of nitrogens with zero attached hydrogens (tertiary/aromatic N) is 3. The molecule has 8 nitrogen and oxygen atoms in total. The minimum absolute atomic E-state index is 0.159. The zero-order valence-corrected chi connectivity index (χ0v) is 17.3. The van der Waals surface area contributed by atoms with Crippen LogP contribution in [-0.2, 0) is 10.0 Å². The summed E-state index contributed by atoms with van der Waals surface area (Å²) in [6.45, 7) is 3.47. The predicted octanol–water partition coefficient (Wildman–Crippen LogP) is 1.65. The van der Waals surface area contributed by atoms with Gasteiger partial charge in [0, 0.05) is 0 Å². The van der Waals surface area contributed by atoms with Gasteiger partial charge in [0.05, 0.1) is 4.90 Å². The molecule has 0 fully saturated rings. The maximum Gasteiger partial charge on any atom is 0.390 e. The first-order valence-electron chi connectivity index (χ1n) is 8.77. The summed E-state index contributed by atoms with van der Waals surface area (Å²) in [5, 5.41) is 11.5. The van der Waals surface area contributed by atoms with Crippen LogP contribution < -0.4 is 15.4 Å². The number of hydrogen-bond donors (Lipinski definition) is 1. The Balaban J connectivity index is 1.82. The summed E-state index contributed by atoms with van der Waals surface area (Å²) in [6.07, 6.45) is 0. The zero-order valence-electron chi connectivity index (χ0n) is 15.7. The van der Waals surface area contributed by atoms with Crippen LogP contribution in [0.1, 0.15) is 27.9 Å². The fourth-order valence-corrected chi connectivity index (χ4v) is 5.01. The average molecular weight is 429 g/mol. The molecule has 148 valence electrons. The number of fused-ring (bicyclic) bond motifs is 1. The molecule has 2 heterocycles. The van der Waals surface area contributed by atoms with E-state index in [1.165, 1.54) is 15.9 Å². The van der Waals surface area contributed by atoms with Crippen LogP contribution in [0, 0.1) is 13.8 Å². The molecule has 2 aromatic heterocycles. The van der Waals surface area contributed by atoms with E-state index in [9.17, 15) is 13.2 Å². The number of aromatic nitrogens is 4. The van der Waals surface area contributed by atoms with Gasteiger partial charge in [-0.1, -0.05) is 58.2 Å². The molecule has 1 atom stereocenters. The number of aryl methyl sites for hydroxylation is 2. The summed E-state index contributed by atoms with van der Waals surface area (Å²) in [5.74, 6) is 0. The number of rotatable bonds is 5. The van der Waals surface area contributed by atoms with Crippen molar-refractivity contribution in [3.63, 3.8) is 0 Å². The van der Waals surface area contributed by atoms with Crippen LogP contribution in [0.3, 0.4) is 0 Å². The van der Waals surface area contributed by atoms with Gasteiger partial charge in [-0.2, -0.15) is 4.72 Å². The Labute approximate surface area is 170 Å². The van der Waals surface area contributed by atoms with Crippen molar-refractivity contribution < 1.29 is 13.5 Å². The Morgan fingerprint density at radius 3 is 2.45 bits per heavy atom. The number of aromatic amines is 1. The SMILES string of the molecule is Cc1ccc(S(=O)(=O)NC(c2ccccc2)c2nn3c(=O)c(C)n[nH+]c3s2)cc1. The number of H-pyrrole nitrogens is 1. The van der Waals surface area contributed by atoms with E-state index in [-0.39, 0.29) is 16.1 Å². The van der Waals surface area contributed by atoms with Crippen molar-refractivity contribution in [2.75, 3.05) is 0 Å². The lowest BCUT2D eigenvalue weighted by Gasteiger charge is -2.16. The predicted molar refractivity (Wildman–Crippen MR) is 108 cm³/mol. The zero-order chi connectivity index (χ0) is 20.6. The molecule has 1 unspecified atom stereocenters. The lowest BCUT2D eigenvalue weighted by atomic mass is 10.1. The maximum absolute atomic E-state index is 13.0. The van der Waals surface area contributed by atoms with Crippen LogP contribution in [0.15, 0.2) is 64.3 Å². The molecule has 0 aliphatic carbocycles. The van der Waals surface area contributed by atoms with Gasteiger partial charge in [-0.15, -0.1) is 5.10 Å². The van der Waals surface area contributed by atoms with Crippen LogP contribution in [0.4, 0.5) is 0 Å². The lowest BCUT2D eigenvalue weighted by Crippen LogP contribution is -2.30. The smallest absolute Gasteiger partial charge is 0.237 e. The summed E-state index contributed by atoms with van der Waals surface area (Å²) in [6, 6.07) is 14.9. The first-order chi connectivity index (χ1) is 13.8. The number of benzene rings is 2. The molecule has 10 heteroatoms. The highest BCUT2D eigenvalue weighted by Crippen LogP contribution is 2.27. The van der Waals surface area contributed by atoms with Crippen molar-refractivity contribution in [2.24, 2.45) is 0 Å². The van der Waals surface area contributed by atoms with Gasteiger partial charge in [-0.3, -0.25) is 0 Å². The fraction of sp³-hybridized carbons (Fsp3) is 0.158. The quantitative estimate of drug-likeness (QED) is 0.520. The Hall–Kier alpha value is -2.95. The van der Waals surface area contributed by atoms with Crippen molar-refractivity contribution in [1.29, 1.82) is 0 Å². The van der Waals surface area contributed by atoms with Gasteiger partial charge >= 0.3 is 10.5 Å². The Morgan fingerprint density at radius 1 is 1.07 bits per heavy atom. The molecule has 0 amide bonds. The second-order valence-corrected chi connectivity index (χ2v) is 9.27. The molecular weight excluding hydrogens is 410 g/mol. The minimum atomic E-state index is -3.82. The molecule has 4 aromatic rings. The Bertz CT molecular complexity index is 1330. The fourth-order valence-electron chi connectivity index (χ4n) is 2.81. The van der Waals surface area contributed by atoms with Crippen molar-refractivity contribution in [1.82, 2.24) is 19.4 Å². The second-order valence-electron chi connectivity index (χ2n) is 6.55. The Morgan fingerprint density at radius 2 is 1.76 bits per heavy atom. The number of nitrogens with one attached hydrogen (secondary N) is 2. The van der Waals surface area contributed by atoms with Crippen LogP contribution >= 0.6 is 11.3 Å². The molecule has 0 radical (unpaired) electrons. The van der Waals surface area contributed by atoms with E-state index in [1.54, 1.807) is 31.2 Å². The largest absolute Gasteiger partial charge is 0.390 e. The topological polar surface area (TPSA) is 108 Å². The highest BCUT2D eigenvalue weighted by Gasteiger charge is 2.28. The van der Waals surface area contributed by atoms with Gasteiger partial charge < -0.3 is 0 Å². The van der Waals surface area contributed by atoms with Gasteiger partial charge in [0.1, 0.15) is 6.04 Å². The van der Waals surface area contributed by atoms with Crippen LogP contribution in [0.2, 0.25) is 0 Å². The number of sulfonamides is 1. The molecule has 4 rings (SSSR count). The highest BCUT2D eigenvalue weighted by molar-refractivity contribution is 7.89. The van der Waals surface area contributed by atoms with E-state index in [4.69, 9.17) is 0 Å². The molecule has 0 saturated heterocycles. The van der Waals surface area contributed by atoms with Gasteiger partial charge in [0.15, 0.2) is 10.7 Å². The van der Waals surface area contributed by atoms with Gasteiger partial charge in [-0.25, -0.2) is 13.2 Å². The lowest BCUT2D eigenvalue weighted by molar-refractivity contribution is -0.428. The molecule has 29 heavy (non-hydrogen) atoms. The van der Waals surface area contributed by atoms with E-state index >= 15 is 0 Å². The summed E-state index contributed by atoms with van der Waals surface area (Å²) in [7, 11) is -3.82. The third-order valence-corrected chi connectivity index (χ3v) is 6.82. The molecule has 0 spiro atoms. The minimum Gasteiger partial charge on any atom is -0.237 e. The second kappa shape index (κ2) is 7.47. The number of hydrogen-bond acceptors (Lipinski definition) is 6. The van der Waals surface area contributed by atoms with E-state index in [0.717, 1.165) is 5.56 Å². The highest BCUT2D eigenvalue weighted by atomic mass is 32.2. The average Bonchev–Trinajstić information content (AvgIpc) is 3.15. The van der Waals surface area contributed by atoms with Crippen molar-refractivity contribution in [3.8, 4) is 0 Å². The summed E-state index contributed by atoms with van der Waals surface area (Å²) in [4.78, 5) is 12.9. The normalized spacial score (nSPS) is 12.9. The molecule has 0 saturated carbocycles.